The molecule has 112 valence electrons. The number of hydrogen-bond donors (Lipinski definition) is 1. The van der Waals surface area contributed by atoms with Gasteiger partial charge in [-0.25, -0.2) is 17.8 Å². The van der Waals surface area contributed by atoms with Crippen LogP contribution >= 0.6 is 0 Å². The molecule has 0 aliphatic carbocycles. The van der Waals surface area contributed by atoms with Crippen LogP contribution in [0.3, 0.4) is 0 Å². The summed E-state index contributed by atoms with van der Waals surface area (Å²) in [6.45, 7) is 1.92. The van der Waals surface area contributed by atoms with Gasteiger partial charge in [-0.3, -0.25) is 0 Å². The van der Waals surface area contributed by atoms with E-state index >= 15 is 0 Å². The summed E-state index contributed by atoms with van der Waals surface area (Å²) in [5.74, 6) is 0.0677. The number of nitrogens with zero attached hydrogens (tertiary/aromatic N) is 1. The molecule has 1 atom stereocenters. The van der Waals surface area contributed by atoms with Crippen LogP contribution < -0.4 is 5.32 Å². The zero-order chi connectivity index (χ0) is 15.5. The molecule has 21 heavy (non-hydrogen) atoms. The molecule has 4 nitrogen and oxygen atoms in total. The molecule has 0 bridgehead atoms. The number of pyridine rings is 1. The summed E-state index contributed by atoms with van der Waals surface area (Å²) in [5, 5.41) is 3.10. The van der Waals surface area contributed by atoms with E-state index in [4.69, 9.17) is 0 Å². The van der Waals surface area contributed by atoms with Crippen molar-refractivity contribution in [3.8, 4) is 0 Å². The minimum atomic E-state index is -3.33. The summed E-state index contributed by atoms with van der Waals surface area (Å²) in [7, 11) is -3.33. The van der Waals surface area contributed by atoms with E-state index in [9.17, 15) is 12.8 Å². The van der Waals surface area contributed by atoms with Crippen LogP contribution in [0, 0.1) is 5.82 Å². The predicted octanol–water partition coefficient (Wildman–Crippen LogP) is 2.67. The van der Waals surface area contributed by atoms with Crippen LogP contribution in [0.25, 0.3) is 0 Å². The maximum absolute atomic E-state index is 12.9. The Morgan fingerprint density at radius 3 is 2.52 bits per heavy atom. The van der Waals surface area contributed by atoms with E-state index in [1.54, 1.807) is 24.4 Å². The van der Waals surface area contributed by atoms with Gasteiger partial charge in [-0.15, -0.1) is 0 Å². The highest BCUT2D eigenvalue weighted by Crippen LogP contribution is 2.19. The molecule has 0 saturated carbocycles. The third-order valence-electron chi connectivity index (χ3n) is 3.01. The summed E-state index contributed by atoms with van der Waals surface area (Å²) >= 11 is 0. The number of sulfone groups is 1. The lowest BCUT2D eigenvalue weighted by Crippen LogP contribution is -2.20. The van der Waals surface area contributed by atoms with Gasteiger partial charge in [-0.1, -0.05) is 12.1 Å². The molecule has 0 aliphatic rings. The Morgan fingerprint density at radius 1 is 1.24 bits per heavy atom. The lowest BCUT2D eigenvalue weighted by Gasteiger charge is -2.16. The van der Waals surface area contributed by atoms with Crippen molar-refractivity contribution in [1.82, 2.24) is 4.98 Å². The fraction of sp³-hybridized carbons (Fsp3) is 0.267. The molecule has 6 heteroatoms. The fourth-order valence-corrected chi connectivity index (χ4v) is 2.85. The van der Waals surface area contributed by atoms with Crippen molar-refractivity contribution in [2.24, 2.45) is 0 Å². The van der Waals surface area contributed by atoms with Crippen molar-refractivity contribution in [3.63, 3.8) is 0 Å². The molecular weight excluding hydrogens is 291 g/mol. The van der Waals surface area contributed by atoms with E-state index in [1.807, 2.05) is 6.92 Å². The quantitative estimate of drug-likeness (QED) is 0.922. The molecule has 2 rings (SSSR count). The number of aromatic nitrogens is 1. The summed E-state index contributed by atoms with van der Waals surface area (Å²) in [5.41, 5.74) is 0.966. The van der Waals surface area contributed by atoms with Crippen LogP contribution in [-0.2, 0) is 16.3 Å². The van der Waals surface area contributed by atoms with E-state index in [-0.39, 0.29) is 16.8 Å². The Balaban J connectivity index is 2.13. The van der Waals surface area contributed by atoms with E-state index < -0.39 is 9.84 Å². The highest BCUT2D eigenvalue weighted by molar-refractivity contribution is 7.90. The first-order valence-electron chi connectivity index (χ1n) is 6.52. The Labute approximate surface area is 124 Å². The largest absolute Gasteiger partial charge is 0.366 e. The van der Waals surface area contributed by atoms with Crippen LogP contribution in [0.15, 0.2) is 47.5 Å². The van der Waals surface area contributed by atoms with E-state index in [0.29, 0.717) is 12.2 Å². The van der Waals surface area contributed by atoms with Crippen LogP contribution in [0.5, 0.6) is 0 Å². The van der Waals surface area contributed by atoms with Gasteiger partial charge < -0.3 is 5.32 Å². The minimum Gasteiger partial charge on any atom is -0.366 e. The summed E-state index contributed by atoms with van der Waals surface area (Å²) in [6, 6.07) is 9.31. The molecule has 1 N–H and O–H groups in total. The second kappa shape index (κ2) is 6.22. The number of benzene rings is 1. The maximum atomic E-state index is 12.9. The number of hydrogen-bond acceptors (Lipinski definition) is 4. The minimum absolute atomic E-state index is 0.0362. The molecular formula is C15H17FN2O2S. The fourth-order valence-electron chi connectivity index (χ4n) is 2.06. The van der Waals surface area contributed by atoms with Crippen LogP contribution in [0.2, 0.25) is 0 Å². The zero-order valence-electron chi connectivity index (χ0n) is 11.9. The highest BCUT2D eigenvalue weighted by Gasteiger charge is 2.15. The lowest BCUT2D eigenvalue weighted by atomic mass is 10.1. The third kappa shape index (κ3) is 4.26. The second-order valence-electron chi connectivity index (χ2n) is 5.00. The Bertz CT molecular complexity index is 715. The third-order valence-corrected chi connectivity index (χ3v) is 4.14. The van der Waals surface area contributed by atoms with Crippen LogP contribution in [-0.4, -0.2) is 25.7 Å². The molecule has 0 amide bonds. The Morgan fingerprint density at radius 2 is 1.90 bits per heavy atom. The number of rotatable bonds is 5. The predicted molar refractivity (Wildman–Crippen MR) is 80.5 cm³/mol. The van der Waals surface area contributed by atoms with Gasteiger partial charge >= 0.3 is 0 Å². The molecule has 0 radical (unpaired) electrons. The summed E-state index contributed by atoms with van der Waals surface area (Å²) in [6.07, 6.45) is 3.33. The smallest absolute Gasteiger partial charge is 0.179 e. The number of nitrogens with one attached hydrogen (secondary N) is 1. The molecule has 1 aromatic heterocycles. The molecule has 1 heterocycles. The summed E-state index contributed by atoms with van der Waals surface area (Å²) in [4.78, 5) is 4.27. The first-order chi connectivity index (χ1) is 9.86. The normalized spacial score (nSPS) is 12.9. The van der Waals surface area contributed by atoms with Crippen molar-refractivity contribution in [3.05, 3.63) is 54.0 Å². The Hall–Kier alpha value is -1.95. The SMILES string of the molecule is CC(Cc1ccc(F)cc1)Nc1ncccc1S(C)(=O)=O. The number of halogens is 1. The first-order valence-corrected chi connectivity index (χ1v) is 8.41. The topological polar surface area (TPSA) is 59.1 Å². The molecule has 1 aromatic carbocycles. The number of anilines is 1. The van der Waals surface area contributed by atoms with Crippen molar-refractivity contribution >= 4 is 15.7 Å². The molecule has 0 saturated heterocycles. The van der Waals surface area contributed by atoms with Crippen molar-refractivity contribution in [1.29, 1.82) is 0 Å². The van der Waals surface area contributed by atoms with Crippen molar-refractivity contribution in [2.75, 3.05) is 11.6 Å². The van der Waals surface area contributed by atoms with E-state index in [0.717, 1.165) is 11.8 Å². The molecule has 0 fully saturated rings. The highest BCUT2D eigenvalue weighted by atomic mass is 32.2. The van der Waals surface area contributed by atoms with Gasteiger partial charge in [0.25, 0.3) is 0 Å². The second-order valence-corrected chi connectivity index (χ2v) is 6.98. The van der Waals surface area contributed by atoms with Gasteiger partial charge in [0.15, 0.2) is 9.84 Å². The zero-order valence-corrected chi connectivity index (χ0v) is 12.7. The van der Waals surface area contributed by atoms with Gasteiger partial charge in [0.05, 0.1) is 0 Å². The first kappa shape index (κ1) is 15.4. The molecule has 2 aromatic rings. The van der Waals surface area contributed by atoms with E-state index in [2.05, 4.69) is 10.3 Å². The monoisotopic (exact) mass is 308 g/mol. The lowest BCUT2D eigenvalue weighted by molar-refractivity contribution is 0.601. The Kier molecular flexibility index (Phi) is 4.57. The van der Waals surface area contributed by atoms with Crippen LogP contribution in [0.1, 0.15) is 12.5 Å². The van der Waals surface area contributed by atoms with Gasteiger partial charge in [0, 0.05) is 18.5 Å². The van der Waals surface area contributed by atoms with Gasteiger partial charge in [0.1, 0.15) is 16.5 Å². The van der Waals surface area contributed by atoms with Crippen molar-refractivity contribution in [2.45, 2.75) is 24.3 Å². The average Bonchev–Trinajstić information content (AvgIpc) is 2.41. The van der Waals surface area contributed by atoms with Crippen LogP contribution in [0.4, 0.5) is 10.2 Å². The van der Waals surface area contributed by atoms with Gasteiger partial charge in [-0.05, 0) is 43.2 Å². The molecule has 0 spiro atoms. The van der Waals surface area contributed by atoms with Crippen molar-refractivity contribution < 1.29 is 12.8 Å². The maximum Gasteiger partial charge on any atom is 0.179 e. The van der Waals surface area contributed by atoms with Gasteiger partial charge in [-0.2, -0.15) is 0 Å². The van der Waals surface area contributed by atoms with Gasteiger partial charge in [0.2, 0.25) is 0 Å². The summed E-state index contributed by atoms with van der Waals surface area (Å²) < 4.78 is 36.3. The standard InChI is InChI=1S/C15H17FN2O2S/c1-11(10-12-5-7-13(16)8-6-12)18-15-14(21(2,19)20)4-3-9-17-15/h3-9,11H,10H2,1-2H3,(H,17,18). The molecule has 1 unspecified atom stereocenters. The van der Waals surface area contributed by atoms with E-state index in [1.165, 1.54) is 18.2 Å². The molecule has 0 aliphatic heterocycles. The average molecular weight is 308 g/mol.